The highest BCUT2D eigenvalue weighted by Crippen LogP contribution is 2.30. The lowest BCUT2D eigenvalue weighted by molar-refractivity contribution is -0.120. The van der Waals surface area contributed by atoms with Gasteiger partial charge in [0, 0.05) is 12.3 Å². The van der Waals surface area contributed by atoms with E-state index < -0.39 is 17.9 Å². The van der Waals surface area contributed by atoms with Crippen LogP contribution in [0.1, 0.15) is 77.4 Å². The first-order chi connectivity index (χ1) is 15.6. The Labute approximate surface area is 194 Å². The molecule has 3 aromatic heterocycles. The number of nitrogens with one attached hydrogen (secondary N) is 2. The normalized spacial score (nSPS) is 12.9. The molecule has 0 spiro atoms. The maximum Gasteiger partial charge on any atom is 0.360 e. The molecule has 0 aliphatic rings. The summed E-state index contributed by atoms with van der Waals surface area (Å²) < 4.78 is 15.5. The van der Waals surface area contributed by atoms with Crippen LogP contribution >= 0.6 is 11.3 Å². The number of carbonyl (C=O) groups excluding carboxylic acids is 3. The highest BCUT2D eigenvalue weighted by atomic mass is 32.1. The van der Waals surface area contributed by atoms with Gasteiger partial charge in [-0.15, -0.1) is 11.3 Å². The molecular formula is C21H25N5O6S. The monoisotopic (exact) mass is 475 g/mol. The highest BCUT2D eigenvalue weighted by Gasteiger charge is 2.25. The number of oxazole rings is 2. The van der Waals surface area contributed by atoms with Gasteiger partial charge in [-0.05, 0) is 19.8 Å². The van der Waals surface area contributed by atoms with Gasteiger partial charge in [0.25, 0.3) is 5.91 Å². The van der Waals surface area contributed by atoms with Crippen molar-refractivity contribution in [2.45, 2.75) is 46.7 Å². The van der Waals surface area contributed by atoms with Crippen molar-refractivity contribution in [1.82, 2.24) is 25.6 Å². The molecule has 33 heavy (non-hydrogen) atoms. The molecule has 3 heterocycles. The molecule has 3 aromatic rings. The molecule has 2 amide bonds. The Hall–Kier alpha value is -3.54. The topological polar surface area (TPSA) is 149 Å². The van der Waals surface area contributed by atoms with E-state index >= 15 is 0 Å². The Morgan fingerprint density at radius 2 is 1.85 bits per heavy atom. The number of ether oxygens (including phenoxy) is 1. The van der Waals surface area contributed by atoms with Crippen LogP contribution in [-0.2, 0) is 9.53 Å². The summed E-state index contributed by atoms with van der Waals surface area (Å²) in [5.74, 6) is -0.488. The molecule has 0 unspecified atom stereocenters. The maximum absolute atomic E-state index is 12.8. The minimum atomic E-state index is -0.638. The summed E-state index contributed by atoms with van der Waals surface area (Å²) in [6, 6.07) is -0.873. The van der Waals surface area contributed by atoms with Crippen molar-refractivity contribution in [3.63, 3.8) is 0 Å². The zero-order chi connectivity index (χ0) is 24.3. The number of aromatic nitrogens is 3. The fourth-order valence-corrected chi connectivity index (χ4v) is 4.00. The van der Waals surface area contributed by atoms with Gasteiger partial charge in [-0.3, -0.25) is 9.59 Å². The Morgan fingerprint density at radius 3 is 2.48 bits per heavy atom. The van der Waals surface area contributed by atoms with E-state index in [9.17, 15) is 14.4 Å². The van der Waals surface area contributed by atoms with Crippen molar-refractivity contribution >= 4 is 29.1 Å². The zero-order valence-corrected chi connectivity index (χ0v) is 19.9. The van der Waals surface area contributed by atoms with E-state index in [0.29, 0.717) is 11.5 Å². The molecule has 0 saturated heterocycles. The molecular weight excluding hydrogens is 450 g/mol. The lowest BCUT2D eigenvalue weighted by atomic mass is 10.1. The van der Waals surface area contributed by atoms with Crippen LogP contribution in [0.15, 0.2) is 20.5 Å². The predicted octanol–water partition coefficient (Wildman–Crippen LogP) is 3.21. The molecule has 2 N–H and O–H groups in total. The van der Waals surface area contributed by atoms with E-state index in [0.717, 1.165) is 11.3 Å². The summed E-state index contributed by atoms with van der Waals surface area (Å²) in [7, 11) is 1.24. The first-order valence-corrected chi connectivity index (χ1v) is 11.0. The van der Waals surface area contributed by atoms with Gasteiger partial charge in [0.15, 0.2) is 11.4 Å². The lowest BCUT2D eigenvalue weighted by Gasteiger charge is -2.18. The summed E-state index contributed by atoms with van der Waals surface area (Å²) in [4.78, 5) is 48.7. The van der Waals surface area contributed by atoms with Crippen LogP contribution in [0.2, 0.25) is 0 Å². The minimum absolute atomic E-state index is 0.00630. The molecule has 2 atom stereocenters. The third-order valence-corrected chi connectivity index (χ3v) is 5.61. The van der Waals surface area contributed by atoms with Gasteiger partial charge in [0.05, 0.1) is 13.2 Å². The fraction of sp³-hybridized carbons (Fsp3) is 0.429. The van der Waals surface area contributed by atoms with Crippen LogP contribution in [0.25, 0.3) is 11.6 Å². The average Bonchev–Trinajstić information content (AvgIpc) is 3.50. The third-order valence-electron chi connectivity index (χ3n) is 4.68. The summed E-state index contributed by atoms with van der Waals surface area (Å²) in [6.07, 6.45) is 1.16. The Bertz CT molecular complexity index is 1160. The van der Waals surface area contributed by atoms with Crippen LogP contribution in [0.4, 0.5) is 0 Å². The molecule has 3 rings (SSSR count). The molecule has 0 fully saturated rings. The molecule has 12 heteroatoms. The number of hydrogen-bond acceptors (Lipinski definition) is 10. The highest BCUT2D eigenvalue weighted by molar-refractivity contribution is 7.10. The van der Waals surface area contributed by atoms with Gasteiger partial charge in [-0.1, -0.05) is 13.8 Å². The molecule has 0 aliphatic heterocycles. The second kappa shape index (κ2) is 9.94. The fourth-order valence-electron chi connectivity index (χ4n) is 2.99. The first-order valence-electron chi connectivity index (χ1n) is 10.2. The van der Waals surface area contributed by atoms with E-state index in [1.807, 2.05) is 13.8 Å². The Kier molecular flexibility index (Phi) is 7.26. The van der Waals surface area contributed by atoms with E-state index in [1.165, 1.54) is 25.4 Å². The van der Waals surface area contributed by atoms with Crippen molar-refractivity contribution in [3.8, 4) is 11.6 Å². The average molecular weight is 476 g/mol. The number of hydrogen-bond donors (Lipinski definition) is 2. The van der Waals surface area contributed by atoms with Gasteiger partial charge in [0.2, 0.25) is 17.7 Å². The number of amides is 2. The smallest absolute Gasteiger partial charge is 0.360 e. The lowest BCUT2D eigenvalue weighted by Crippen LogP contribution is -2.29. The quantitative estimate of drug-likeness (QED) is 0.468. The van der Waals surface area contributed by atoms with Crippen molar-refractivity contribution < 1.29 is 28.0 Å². The van der Waals surface area contributed by atoms with E-state index in [1.54, 1.807) is 19.2 Å². The zero-order valence-electron chi connectivity index (χ0n) is 19.1. The summed E-state index contributed by atoms with van der Waals surface area (Å²) >= 11 is 1.38. The molecule has 0 aliphatic carbocycles. The van der Waals surface area contributed by atoms with Crippen LogP contribution in [0.5, 0.6) is 0 Å². The van der Waals surface area contributed by atoms with Gasteiger partial charge in [-0.25, -0.2) is 19.7 Å². The third kappa shape index (κ3) is 5.45. The van der Waals surface area contributed by atoms with Crippen molar-refractivity contribution in [3.05, 3.63) is 39.7 Å². The summed E-state index contributed by atoms with van der Waals surface area (Å²) in [5.41, 5.74) is 0.567. The number of carbonyl (C=O) groups is 3. The first kappa shape index (κ1) is 24.1. The second-order valence-corrected chi connectivity index (χ2v) is 8.56. The van der Waals surface area contributed by atoms with Crippen molar-refractivity contribution in [2.75, 3.05) is 7.11 Å². The predicted molar refractivity (Wildman–Crippen MR) is 117 cm³/mol. The SMILES string of the molecule is COC(=O)c1coc([C@H](C)NC(=O)c2nc(-c3csc([C@@H](NC(C)=O)C(C)C)n3)oc2C)n1. The van der Waals surface area contributed by atoms with E-state index in [2.05, 4.69) is 30.3 Å². The molecule has 0 aromatic carbocycles. The summed E-state index contributed by atoms with van der Waals surface area (Å²) in [6.45, 7) is 8.72. The van der Waals surface area contributed by atoms with Gasteiger partial charge in [-0.2, -0.15) is 0 Å². The molecule has 176 valence electrons. The van der Waals surface area contributed by atoms with Gasteiger partial charge >= 0.3 is 5.97 Å². The van der Waals surface area contributed by atoms with Crippen molar-refractivity contribution in [1.29, 1.82) is 0 Å². The molecule has 11 nitrogen and oxygen atoms in total. The number of esters is 1. The summed E-state index contributed by atoms with van der Waals surface area (Å²) in [5, 5.41) is 8.09. The van der Waals surface area contributed by atoms with Crippen LogP contribution in [0, 0.1) is 12.8 Å². The molecule has 0 saturated carbocycles. The number of methoxy groups -OCH3 is 1. The number of nitrogens with zero attached hydrogens (tertiary/aromatic N) is 3. The molecule has 0 bridgehead atoms. The standard InChI is InChI=1S/C21H25N5O6S/c1-9(2)15(23-12(5)27)20-25-14(8-33-20)19-26-16(11(4)32-19)17(28)22-10(3)18-24-13(7-31-18)21(29)30-6/h7-10,15H,1-6H3,(H,22,28)(H,23,27)/t10-,15-/m0/s1. The van der Waals surface area contributed by atoms with Crippen LogP contribution in [0.3, 0.4) is 0 Å². The maximum atomic E-state index is 12.8. The molecule has 0 radical (unpaired) electrons. The Balaban J connectivity index is 1.75. The second-order valence-electron chi connectivity index (χ2n) is 7.67. The van der Waals surface area contributed by atoms with Crippen LogP contribution in [-0.4, -0.2) is 39.8 Å². The largest absolute Gasteiger partial charge is 0.464 e. The van der Waals surface area contributed by atoms with Gasteiger partial charge in [0.1, 0.15) is 28.8 Å². The number of thiazole rings is 1. The van der Waals surface area contributed by atoms with E-state index in [4.69, 9.17) is 8.83 Å². The number of rotatable bonds is 8. The van der Waals surface area contributed by atoms with Crippen molar-refractivity contribution in [2.24, 2.45) is 5.92 Å². The minimum Gasteiger partial charge on any atom is -0.464 e. The van der Waals surface area contributed by atoms with Gasteiger partial charge < -0.3 is 24.2 Å². The van der Waals surface area contributed by atoms with E-state index in [-0.39, 0.29) is 41.0 Å². The number of aryl methyl sites for hydroxylation is 1. The van der Waals surface area contributed by atoms with Crippen LogP contribution < -0.4 is 10.6 Å². The Morgan fingerprint density at radius 1 is 1.12 bits per heavy atom.